The number of rotatable bonds is 3. The van der Waals surface area contributed by atoms with Gasteiger partial charge < -0.3 is 10.1 Å². The molecule has 132 valence electrons. The summed E-state index contributed by atoms with van der Waals surface area (Å²) in [5.74, 6) is 0.642. The number of nitrogens with one attached hydrogen (secondary N) is 1. The maximum absolute atomic E-state index is 12.6. The summed E-state index contributed by atoms with van der Waals surface area (Å²) in [5, 5.41) is 10.1. The van der Waals surface area contributed by atoms with E-state index in [-0.39, 0.29) is 11.3 Å². The third-order valence-corrected chi connectivity index (χ3v) is 4.99. The lowest BCUT2D eigenvalue weighted by molar-refractivity contribution is 0.241. The normalized spacial score (nSPS) is 14.2. The van der Waals surface area contributed by atoms with Crippen LogP contribution in [0.15, 0.2) is 47.5 Å². The second-order valence-electron chi connectivity index (χ2n) is 6.29. The van der Waals surface area contributed by atoms with Crippen molar-refractivity contribution in [2.24, 2.45) is 0 Å². The van der Waals surface area contributed by atoms with Crippen LogP contribution >= 0.6 is 11.6 Å². The van der Waals surface area contributed by atoms with E-state index in [2.05, 4.69) is 19.9 Å². The summed E-state index contributed by atoms with van der Waals surface area (Å²) in [6.45, 7) is 1.84. The number of hydrogen-bond acceptors (Lipinski definition) is 5. The molecule has 0 bridgehead atoms. The third kappa shape index (κ3) is 3.21. The number of phenolic OH excluding ortho intramolecular Hbond substituents is 1. The zero-order valence-electron chi connectivity index (χ0n) is 13.9. The zero-order valence-corrected chi connectivity index (χ0v) is 14.7. The van der Waals surface area contributed by atoms with Crippen molar-refractivity contribution < 1.29 is 5.11 Å². The van der Waals surface area contributed by atoms with Gasteiger partial charge in [-0.1, -0.05) is 23.7 Å². The first kappa shape index (κ1) is 16.8. The molecule has 7 heteroatoms. The van der Waals surface area contributed by atoms with Gasteiger partial charge in [0, 0.05) is 44.0 Å². The monoisotopic (exact) mass is 368 g/mol. The average Bonchev–Trinajstić information content (AvgIpc) is 2.66. The zero-order chi connectivity index (χ0) is 18.1. The number of fused-ring (bicyclic) bond motifs is 1. The van der Waals surface area contributed by atoms with Crippen LogP contribution in [-0.4, -0.2) is 31.5 Å². The number of phenols is 1. The van der Waals surface area contributed by atoms with E-state index < -0.39 is 0 Å². The number of aromatic hydroxyl groups is 1. The highest BCUT2D eigenvalue weighted by molar-refractivity contribution is 6.32. The van der Waals surface area contributed by atoms with E-state index in [0.29, 0.717) is 35.9 Å². The molecule has 26 heavy (non-hydrogen) atoms. The molecule has 2 N–H and O–H groups in total. The number of aromatic nitrogens is 3. The molecule has 0 amide bonds. The molecule has 0 unspecified atom stereocenters. The first-order valence-electron chi connectivity index (χ1n) is 8.33. The number of aromatic amines is 1. The van der Waals surface area contributed by atoms with Crippen LogP contribution in [0.5, 0.6) is 5.75 Å². The molecule has 3 aromatic rings. The number of hydrogen-bond donors (Lipinski definition) is 2. The Hall–Kier alpha value is -2.70. The number of pyridine rings is 1. The summed E-state index contributed by atoms with van der Waals surface area (Å²) in [5.41, 5.74) is 3.08. The van der Waals surface area contributed by atoms with Gasteiger partial charge >= 0.3 is 0 Å². The van der Waals surface area contributed by atoms with Gasteiger partial charge in [-0.2, -0.15) is 0 Å². The lowest BCUT2D eigenvalue weighted by atomic mass is 10.1. The van der Waals surface area contributed by atoms with Crippen molar-refractivity contribution in [3.05, 3.63) is 74.9 Å². The van der Waals surface area contributed by atoms with Crippen molar-refractivity contribution >= 4 is 11.6 Å². The first-order chi connectivity index (χ1) is 12.6. The molecular weight excluding hydrogens is 352 g/mol. The lowest BCUT2D eigenvalue weighted by Gasteiger charge is -2.28. The molecule has 0 fully saturated rings. The lowest BCUT2D eigenvalue weighted by Crippen LogP contribution is -2.35. The molecule has 1 aliphatic rings. The van der Waals surface area contributed by atoms with E-state index in [1.807, 2.05) is 18.2 Å². The minimum absolute atomic E-state index is 0.0723. The van der Waals surface area contributed by atoms with Gasteiger partial charge in [-0.15, -0.1) is 0 Å². The Labute approximate surface area is 155 Å². The topological polar surface area (TPSA) is 82.1 Å². The molecule has 2 aromatic heterocycles. The van der Waals surface area contributed by atoms with Gasteiger partial charge in [0.15, 0.2) is 0 Å². The predicted molar refractivity (Wildman–Crippen MR) is 99.0 cm³/mol. The fraction of sp³-hybridized carbons (Fsp3) is 0.211. The maximum Gasteiger partial charge on any atom is 0.255 e. The molecule has 3 heterocycles. The summed E-state index contributed by atoms with van der Waals surface area (Å²) >= 11 is 6.17. The highest BCUT2D eigenvalue weighted by Gasteiger charge is 2.22. The van der Waals surface area contributed by atoms with Crippen LogP contribution in [0.2, 0.25) is 5.02 Å². The van der Waals surface area contributed by atoms with Crippen LogP contribution in [0.1, 0.15) is 16.8 Å². The minimum atomic E-state index is -0.117. The van der Waals surface area contributed by atoms with E-state index in [1.54, 1.807) is 24.5 Å². The highest BCUT2D eigenvalue weighted by Crippen LogP contribution is 2.28. The summed E-state index contributed by atoms with van der Waals surface area (Å²) in [7, 11) is 0. The van der Waals surface area contributed by atoms with Crippen molar-refractivity contribution in [3.63, 3.8) is 0 Å². The van der Waals surface area contributed by atoms with Crippen molar-refractivity contribution in [3.8, 4) is 17.1 Å². The van der Waals surface area contributed by atoms with Crippen molar-refractivity contribution in [2.45, 2.75) is 19.5 Å². The summed E-state index contributed by atoms with van der Waals surface area (Å²) in [6.07, 6.45) is 4.04. The van der Waals surface area contributed by atoms with E-state index >= 15 is 0 Å². The number of nitrogens with zero attached hydrogens (tertiary/aromatic N) is 3. The molecule has 0 radical (unpaired) electrons. The van der Waals surface area contributed by atoms with E-state index in [4.69, 9.17) is 11.6 Å². The molecular formula is C19H17ClN4O2. The molecule has 0 saturated carbocycles. The van der Waals surface area contributed by atoms with Crippen LogP contribution in [-0.2, 0) is 19.5 Å². The summed E-state index contributed by atoms with van der Waals surface area (Å²) in [6, 6.07) is 8.86. The Morgan fingerprint density at radius 2 is 2.04 bits per heavy atom. The van der Waals surface area contributed by atoms with Gasteiger partial charge in [-0.05, 0) is 23.8 Å². The number of benzene rings is 1. The van der Waals surface area contributed by atoms with Gasteiger partial charge in [-0.25, -0.2) is 4.98 Å². The standard InChI is InChI=1S/C19H17ClN4O2/c20-17-13(2-1-3-16(17)25)10-24-9-6-15-14(11-24)19(26)23-18(22-15)12-4-7-21-8-5-12/h1-5,7-8,25H,6,9-11H2,(H,22,23,26). The average molecular weight is 369 g/mol. The number of halogens is 1. The molecule has 0 atom stereocenters. The molecule has 6 nitrogen and oxygen atoms in total. The molecule has 0 spiro atoms. The van der Waals surface area contributed by atoms with Gasteiger partial charge in [0.25, 0.3) is 5.56 Å². The SMILES string of the molecule is O=c1[nH]c(-c2ccncc2)nc2c1CN(Cc1cccc(O)c1Cl)CC2. The Morgan fingerprint density at radius 3 is 2.85 bits per heavy atom. The van der Waals surface area contributed by atoms with Crippen molar-refractivity contribution in [1.29, 1.82) is 0 Å². The largest absolute Gasteiger partial charge is 0.506 e. The summed E-state index contributed by atoms with van der Waals surface area (Å²) < 4.78 is 0. The van der Waals surface area contributed by atoms with Crippen LogP contribution < -0.4 is 5.56 Å². The fourth-order valence-corrected chi connectivity index (χ4v) is 3.38. The molecule has 4 rings (SSSR count). The van der Waals surface area contributed by atoms with Crippen LogP contribution in [0.4, 0.5) is 0 Å². The fourth-order valence-electron chi connectivity index (χ4n) is 3.19. The molecule has 1 aliphatic heterocycles. The van der Waals surface area contributed by atoms with E-state index in [0.717, 1.165) is 23.4 Å². The first-order valence-corrected chi connectivity index (χ1v) is 8.71. The second-order valence-corrected chi connectivity index (χ2v) is 6.66. The Morgan fingerprint density at radius 1 is 1.23 bits per heavy atom. The van der Waals surface area contributed by atoms with Crippen LogP contribution in [0.3, 0.4) is 0 Å². The highest BCUT2D eigenvalue weighted by atomic mass is 35.5. The van der Waals surface area contributed by atoms with Gasteiger partial charge in [0.2, 0.25) is 0 Å². The van der Waals surface area contributed by atoms with Crippen LogP contribution in [0, 0.1) is 0 Å². The predicted octanol–water partition coefficient (Wildman–Crippen LogP) is 2.75. The summed E-state index contributed by atoms with van der Waals surface area (Å²) in [4.78, 5) is 26.2. The van der Waals surface area contributed by atoms with Crippen molar-refractivity contribution in [2.75, 3.05) is 6.54 Å². The van der Waals surface area contributed by atoms with Crippen LogP contribution in [0.25, 0.3) is 11.4 Å². The Balaban J connectivity index is 1.60. The van der Waals surface area contributed by atoms with Crippen molar-refractivity contribution in [1.82, 2.24) is 19.9 Å². The quantitative estimate of drug-likeness (QED) is 0.742. The Bertz CT molecular complexity index is 1000. The molecule has 0 saturated heterocycles. The smallest absolute Gasteiger partial charge is 0.255 e. The minimum Gasteiger partial charge on any atom is -0.506 e. The van der Waals surface area contributed by atoms with Gasteiger partial charge in [-0.3, -0.25) is 14.7 Å². The van der Waals surface area contributed by atoms with Gasteiger partial charge in [0.05, 0.1) is 16.3 Å². The molecule has 0 aliphatic carbocycles. The maximum atomic E-state index is 12.6. The molecule has 1 aromatic carbocycles. The third-order valence-electron chi connectivity index (χ3n) is 4.55. The Kier molecular flexibility index (Phi) is 4.44. The second kappa shape index (κ2) is 6.90. The number of H-pyrrole nitrogens is 1. The van der Waals surface area contributed by atoms with Gasteiger partial charge in [0.1, 0.15) is 11.6 Å². The van der Waals surface area contributed by atoms with E-state index in [1.165, 1.54) is 0 Å². The van der Waals surface area contributed by atoms with E-state index in [9.17, 15) is 9.90 Å².